The number of esters is 1. The number of nitrogens with two attached hydrogens (primary N) is 1. The van der Waals surface area contributed by atoms with Crippen molar-refractivity contribution in [2.45, 2.75) is 38.6 Å². The van der Waals surface area contributed by atoms with Crippen LogP contribution in [0.5, 0.6) is 5.75 Å². The van der Waals surface area contributed by atoms with Crippen molar-refractivity contribution in [3.63, 3.8) is 0 Å². The molecular weight excluding hydrogens is 242 g/mol. The first-order valence-electron chi connectivity index (χ1n) is 6.87. The van der Waals surface area contributed by atoms with Crippen LogP contribution in [0.2, 0.25) is 0 Å². The van der Waals surface area contributed by atoms with Gasteiger partial charge in [0.25, 0.3) is 0 Å². The van der Waals surface area contributed by atoms with E-state index in [2.05, 4.69) is 12.1 Å². The molecule has 4 nitrogen and oxygen atoms in total. The van der Waals surface area contributed by atoms with Gasteiger partial charge in [-0.25, -0.2) is 0 Å². The highest BCUT2D eigenvalue weighted by molar-refractivity contribution is 5.75. The fourth-order valence-corrected chi connectivity index (χ4v) is 2.30. The van der Waals surface area contributed by atoms with Crippen molar-refractivity contribution >= 4 is 5.97 Å². The van der Waals surface area contributed by atoms with E-state index >= 15 is 0 Å². The molecule has 1 aromatic carbocycles. The van der Waals surface area contributed by atoms with Crippen LogP contribution in [-0.2, 0) is 22.4 Å². The van der Waals surface area contributed by atoms with E-state index in [4.69, 9.17) is 15.2 Å². The molecule has 4 heteroatoms. The number of carbonyl (C=O) groups is 1. The first-order chi connectivity index (χ1) is 9.20. The highest BCUT2D eigenvalue weighted by atomic mass is 16.5. The number of carbonyl (C=O) groups excluding carboxylic acids is 1. The summed E-state index contributed by atoms with van der Waals surface area (Å²) in [6.45, 7) is 2.25. The topological polar surface area (TPSA) is 61.5 Å². The van der Waals surface area contributed by atoms with Gasteiger partial charge in [0, 0.05) is 0 Å². The lowest BCUT2D eigenvalue weighted by atomic mass is 9.92. The van der Waals surface area contributed by atoms with Crippen LogP contribution in [0, 0.1) is 0 Å². The summed E-state index contributed by atoms with van der Waals surface area (Å²) in [5, 5.41) is 0. The summed E-state index contributed by atoms with van der Waals surface area (Å²) >= 11 is 0. The first-order valence-corrected chi connectivity index (χ1v) is 6.87. The van der Waals surface area contributed by atoms with Crippen molar-refractivity contribution in [3.8, 4) is 5.75 Å². The van der Waals surface area contributed by atoms with Gasteiger partial charge in [0.1, 0.15) is 18.4 Å². The molecule has 2 N–H and O–H groups in total. The van der Waals surface area contributed by atoms with E-state index in [-0.39, 0.29) is 6.61 Å². The van der Waals surface area contributed by atoms with Gasteiger partial charge in [0.05, 0.1) is 6.61 Å². The summed E-state index contributed by atoms with van der Waals surface area (Å²) in [4.78, 5) is 11.4. The Morgan fingerprint density at radius 1 is 1.32 bits per heavy atom. The molecule has 0 bridgehead atoms. The molecule has 0 fully saturated rings. The quantitative estimate of drug-likeness (QED) is 0.823. The van der Waals surface area contributed by atoms with Crippen molar-refractivity contribution in [2.75, 3.05) is 13.2 Å². The zero-order valence-electron chi connectivity index (χ0n) is 11.4. The second-order valence-electron chi connectivity index (χ2n) is 4.81. The Kier molecular flexibility index (Phi) is 4.80. The van der Waals surface area contributed by atoms with Gasteiger partial charge in [0.15, 0.2) is 0 Å². The Balaban J connectivity index is 1.91. The largest absolute Gasteiger partial charge is 0.491 e. The van der Waals surface area contributed by atoms with Gasteiger partial charge in [-0.15, -0.1) is 0 Å². The maximum atomic E-state index is 11.4. The fourth-order valence-electron chi connectivity index (χ4n) is 2.30. The molecule has 0 heterocycles. The lowest BCUT2D eigenvalue weighted by Gasteiger charge is -2.17. The molecule has 104 valence electrons. The predicted octanol–water partition coefficient (Wildman–Crippen LogP) is 1.83. The van der Waals surface area contributed by atoms with Crippen LogP contribution in [0.1, 0.15) is 30.9 Å². The molecule has 2 rings (SSSR count). The highest BCUT2D eigenvalue weighted by Gasteiger charge is 2.16. The third-order valence-electron chi connectivity index (χ3n) is 3.34. The Labute approximate surface area is 113 Å². The maximum absolute atomic E-state index is 11.4. The maximum Gasteiger partial charge on any atom is 0.326 e. The minimum absolute atomic E-state index is 0.150. The zero-order valence-corrected chi connectivity index (χ0v) is 11.4. The number of rotatable bonds is 5. The molecule has 0 amide bonds. The lowest BCUT2D eigenvalue weighted by molar-refractivity contribution is -0.145. The average molecular weight is 263 g/mol. The van der Waals surface area contributed by atoms with Crippen LogP contribution in [0.3, 0.4) is 0 Å². The van der Waals surface area contributed by atoms with E-state index in [0.717, 1.165) is 18.6 Å². The van der Waals surface area contributed by atoms with Gasteiger partial charge in [-0.3, -0.25) is 4.79 Å². The van der Waals surface area contributed by atoms with Gasteiger partial charge in [-0.2, -0.15) is 0 Å². The SMILES string of the molecule is CCOC(=O)C(N)COc1ccc2c(c1)CCCC2. The van der Waals surface area contributed by atoms with Crippen LogP contribution >= 0.6 is 0 Å². The lowest BCUT2D eigenvalue weighted by Crippen LogP contribution is -2.37. The number of hydrogen-bond donors (Lipinski definition) is 1. The van der Waals surface area contributed by atoms with E-state index in [1.54, 1.807) is 6.92 Å². The van der Waals surface area contributed by atoms with Crippen LogP contribution in [-0.4, -0.2) is 25.2 Å². The molecule has 1 unspecified atom stereocenters. The normalized spacial score (nSPS) is 15.5. The summed E-state index contributed by atoms with van der Waals surface area (Å²) in [6.07, 6.45) is 4.76. The molecule has 0 aliphatic heterocycles. The van der Waals surface area contributed by atoms with E-state index in [1.807, 2.05) is 6.07 Å². The van der Waals surface area contributed by atoms with Gasteiger partial charge >= 0.3 is 5.97 Å². The molecular formula is C15H21NO3. The summed E-state index contributed by atoms with van der Waals surface area (Å²) in [7, 11) is 0. The Morgan fingerprint density at radius 3 is 2.79 bits per heavy atom. The summed E-state index contributed by atoms with van der Waals surface area (Å²) in [5.74, 6) is 0.362. The third-order valence-corrected chi connectivity index (χ3v) is 3.34. The minimum atomic E-state index is -0.726. The number of aryl methyl sites for hydroxylation is 2. The van der Waals surface area contributed by atoms with Crippen LogP contribution in [0.15, 0.2) is 18.2 Å². The Hall–Kier alpha value is -1.55. The second kappa shape index (κ2) is 6.57. The number of ether oxygens (including phenoxy) is 2. The first kappa shape index (κ1) is 13.9. The molecule has 0 spiro atoms. The van der Waals surface area contributed by atoms with Crippen LogP contribution in [0.4, 0.5) is 0 Å². The van der Waals surface area contributed by atoms with Crippen LogP contribution < -0.4 is 10.5 Å². The molecule has 1 aliphatic carbocycles. The minimum Gasteiger partial charge on any atom is -0.491 e. The average Bonchev–Trinajstić information content (AvgIpc) is 2.44. The molecule has 0 aromatic heterocycles. The van der Waals surface area contributed by atoms with Gasteiger partial charge in [-0.05, 0) is 55.9 Å². The molecule has 19 heavy (non-hydrogen) atoms. The van der Waals surface area contributed by atoms with E-state index in [9.17, 15) is 4.79 Å². The molecule has 1 aliphatic rings. The van der Waals surface area contributed by atoms with E-state index in [0.29, 0.717) is 6.61 Å². The third kappa shape index (κ3) is 3.70. The predicted molar refractivity (Wildman–Crippen MR) is 73.2 cm³/mol. The number of fused-ring (bicyclic) bond motifs is 1. The van der Waals surface area contributed by atoms with Crippen molar-refractivity contribution in [1.29, 1.82) is 0 Å². The summed E-state index contributed by atoms with van der Waals surface area (Å²) in [5.41, 5.74) is 8.45. The monoisotopic (exact) mass is 263 g/mol. The van der Waals surface area contributed by atoms with E-state index < -0.39 is 12.0 Å². The molecule has 0 saturated carbocycles. The molecule has 0 saturated heterocycles. The molecule has 0 radical (unpaired) electrons. The highest BCUT2D eigenvalue weighted by Crippen LogP contribution is 2.25. The number of benzene rings is 1. The zero-order chi connectivity index (χ0) is 13.7. The molecule has 1 aromatic rings. The van der Waals surface area contributed by atoms with Crippen molar-refractivity contribution in [3.05, 3.63) is 29.3 Å². The van der Waals surface area contributed by atoms with Crippen molar-refractivity contribution in [2.24, 2.45) is 5.73 Å². The Bertz CT molecular complexity index is 445. The Morgan fingerprint density at radius 2 is 2.05 bits per heavy atom. The second-order valence-corrected chi connectivity index (χ2v) is 4.81. The van der Waals surface area contributed by atoms with Gasteiger partial charge < -0.3 is 15.2 Å². The summed E-state index contributed by atoms with van der Waals surface area (Å²) < 4.78 is 10.4. The standard InChI is InChI=1S/C15H21NO3/c1-2-18-15(17)14(16)10-19-13-8-7-11-5-3-4-6-12(11)9-13/h7-9,14H,2-6,10,16H2,1H3. The van der Waals surface area contributed by atoms with E-state index in [1.165, 1.54) is 24.0 Å². The number of hydrogen-bond acceptors (Lipinski definition) is 4. The van der Waals surface area contributed by atoms with Gasteiger partial charge in [0.2, 0.25) is 0 Å². The van der Waals surface area contributed by atoms with Crippen molar-refractivity contribution < 1.29 is 14.3 Å². The fraction of sp³-hybridized carbons (Fsp3) is 0.533. The summed E-state index contributed by atoms with van der Waals surface area (Å²) in [6, 6.07) is 5.39. The van der Waals surface area contributed by atoms with Gasteiger partial charge in [-0.1, -0.05) is 6.07 Å². The van der Waals surface area contributed by atoms with Crippen molar-refractivity contribution in [1.82, 2.24) is 0 Å². The van der Waals surface area contributed by atoms with Crippen LogP contribution in [0.25, 0.3) is 0 Å². The molecule has 1 atom stereocenters. The smallest absolute Gasteiger partial charge is 0.326 e.